The normalized spacial score (nSPS) is 13.8. The second-order valence-corrected chi connectivity index (χ2v) is 5.85. The molecule has 0 unspecified atom stereocenters. The number of hydrogen-bond donors (Lipinski definition) is 3. The second kappa shape index (κ2) is 5.54. The fraction of sp³-hybridized carbons (Fsp3) is 0.176. The van der Waals surface area contributed by atoms with E-state index in [2.05, 4.69) is 4.98 Å². The molecule has 0 fully saturated rings. The first-order valence-corrected chi connectivity index (χ1v) is 7.66. The van der Waals surface area contributed by atoms with E-state index in [1.54, 1.807) is 22.6 Å². The van der Waals surface area contributed by atoms with Crippen LogP contribution in [0.2, 0.25) is 0 Å². The van der Waals surface area contributed by atoms with Gasteiger partial charge in [-0.3, -0.25) is 14.8 Å². The molecular weight excluding hydrogens is 308 g/mol. The van der Waals surface area contributed by atoms with E-state index < -0.39 is 5.91 Å². The van der Waals surface area contributed by atoms with Crippen LogP contribution >= 0.6 is 0 Å². The highest BCUT2D eigenvalue weighted by molar-refractivity contribution is 5.98. The van der Waals surface area contributed by atoms with Crippen LogP contribution in [0.15, 0.2) is 42.6 Å². The van der Waals surface area contributed by atoms with E-state index in [4.69, 9.17) is 5.21 Å². The van der Waals surface area contributed by atoms with Crippen molar-refractivity contribution in [3.8, 4) is 0 Å². The molecule has 0 spiro atoms. The number of amides is 2. The van der Waals surface area contributed by atoms with E-state index >= 15 is 0 Å². The summed E-state index contributed by atoms with van der Waals surface area (Å²) in [6.45, 7) is 1.60. The minimum Gasteiger partial charge on any atom is -0.351 e. The number of rotatable bonds is 2. The van der Waals surface area contributed by atoms with Crippen molar-refractivity contribution < 1.29 is 14.8 Å². The lowest BCUT2D eigenvalue weighted by molar-refractivity contribution is 0.0700. The number of carbonyl (C=O) groups excluding carboxylic acids is 2. The van der Waals surface area contributed by atoms with Gasteiger partial charge in [-0.15, -0.1) is 0 Å². The zero-order valence-electron chi connectivity index (χ0n) is 12.8. The van der Waals surface area contributed by atoms with Crippen molar-refractivity contribution in [2.24, 2.45) is 0 Å². The number of H-pyrrole nitrogens is 1. The molecule has 1 aliphatic rings. The Morgan fingerprint density at radius 3 is 2.79 bits per heavy atom. The van der Waals surface area contributed by atoms with E-state index in [0.717, 1.165) is 16.6 Å². The molecular formula is C17H16N4O3. The van der Waals surface area contributed by atoms with Crippen LogP contribution in [0.25, 0.3) is 10.9 Å². The van der Waals surface area contributed by atoms with Crippen molar-refractivity contribution in [3.05, 3.63) is 59.5 Å². The molecule has 0 atom stereocenters. The number of carbonyl (C=O) groups is 2. The number of aromatic nitrogens is 2. The molecule has 2 amide bonds. The zero-order chi connectivity index (χ0) is 16.7. The van der Waals surface area contributed by atoms with Crippen molar-refractivity contribution in [1.29, 1.82) is 0 Å². The van der Waals surface area contributed by atoms with Gasteiger partial charge in [-0.25, -0.2) is 5.48 Å². The van der Waals surface area contributed by atoms with Crippen LogP contribution in [-0.4, -0.2) is 38.0 Å². The van der Waals surface area contributed by atoms with Crippen LogP contribution in [0, 0.1) is 0 Å². The van der Waals surface area contributed by atoms with Crippen LogP contribution in [0.4, 0.5) is 0 Å². The monoisotopic (exact) mass is 324 g/mol. The summed E-state index contributed by atoms with van der Waals surface area (Å²) in [7, 11) is 0. The molecule has 1 aromatic carbocycles. The third kappa shape index (κ3) is 2.35. The van der Waals surface area contributed by atoms with Gasteiger partial charge < -0.3 is 14.5 Å². The molecule has 3 heterocycles. The van der Waals surface area contributed by atoms with Gasteiger partial charge in [-0.1, -0.05) is 18.2 Å². The highest BCUT2D eigenvalue weighted by Gasteiger charge is 2.24. The number of fused-ring (bicyclic) bond motifs is 2. The summed E-state index contributed by atoms with van der Waals surface area (Å²) in [6.07, 6.45) is 1.69. The maximum atomic E-state index is 12.7. The van der Waals surface area contributed by atoms with Crippen LogP contribution in [0.1, 0.15) is 26.5 Å². The summed E-state index contributed by atoms with van der Waals surface area (Å²) in [5.41, 5.74) is 4.37. The molecule has 7 nitrogen and oxygen atoms in total. The Morgan fingerprint density at radius 1 is 1.17 bits per heavy atom. The van der Waals surface area contributed by atoms with Crippen molar-refractivity contribution in [3.63, 3.8) is 0 Å². The van der Waals surface area contributed by atoms with Crippen LogP contribution in [0.3, 0.4) is 0 Å². The average Bonchev–Trinajstić information content (AvgIpc) is 3.23. The molecule has 1 aliphatic heterocycles. The summed E-state index contributed by atoms with van der Waals surface area (Å²) in [4.78, 5) is 29.2. The molecule has 4 rings (SSSR count). The highest BCUT2D eigenvalue weighted by atomic mass is 16.5. The minimum absolute atomic E-state index is 0.0631. The van der Waals surface area contributed by atoms with Crippen molar-refractivity contribution in [2.75, 3.05) is 6.54 Å². The lowest BCUT2D eigenvalue weighted by atomic mass is 10.2. The second-order valence-electron chi connectivity index (χ2n) is 5.85. The van der Waals surface area contributed by atoms with Gasteiger partial charge in [0.15, 0.2) is 0 Å². The lowest BCUT2D eigenvalue weighted by Crippen LogP contribution is -2.38. The Bertz CT molecular complexity index is 907. The van der Waals surface area contributed by atoms with E-state index in [1.165, 1.54) is 0 Å². The Morgan fingerprint density at radius 2 is 2.00 bits per heavy atom. The van der Waals surface area contributed by atoms with Crippen LogP contribution in [-0.2, 0) is 13.1 Å². The smallest absolute Gasteiger partial charge is 0.276 e. The summed E-state index contributed by atoms with van der Waals surface area (Å²) in [5.74, 6) is -0.614. The third-order valence-electron chi connectivity index (χ3n) is 4.36. The van der Waals surface area contributed by atoms with Crippen LogP contribution in [0.5, 0.6) is 0 Å². The first-order chi connectivity index (χ1) is 11.7. The SMILES string of the molecule is O=C(NO)c1cc2n(c1)CCN(C(=O)c1cc3ccccc3[nH]1)C2. The lowest BCUT2D eigenvalue weighted by Gasteiger charge is -2.28. The maximum Gasteiger partial charge on any atom is 0.276 e. The topological polar surface area (TPSA) is 90.4 Å². The molecule has 0 radical (unpaired) electrons. The molecule has 0 saturated carbocycles. The third-order valence-corrected chi connectivity index (χ3v) is 4.36. The van der Waals surface area contributed by atoms with Crippen molar-refractivity contribution >= 4 is 22.7 Å². The van der Waals surface area contributed by atoms with Gasteiger partial charge in [-0.2, -0.15) is 0 Å². The van der Waals surface area contributed by atoms with Gasteiger partial charge in [0.25, 0.3) is 11.8 Å². The predicted octanol–water partition coefficient (Wildman–Crippen LogP) is 1.74. The Labute approximate surface area is 137 Å². The van der Waals surface area contributed by atoms with Gasteiger partial charge in [0.2, 0.25) is 0 Å². The number of nitrogens with zero attached hydrogens (tertiary/aromatic N) is 2. The first-order valence-electron chi connectivity index (χ1n) is 7.66. The fourth-order valence-corrected chi connectivity index (χ4v) is 3.12. The number of nitrogens with one attached hydrogen (secondary N) is 2. The summed E-state index contributed by atoms with van der Waals surface area (Å²) in [6, 6.07) is 11.3. The van der Waals surface area contributed by atoms with Gasteiger partial charge in [0, 0.05) is 35.9 Å². The standard InChI is InChI=1S/C17H16N4O3/c22-16(19-24)12-7-13-10-21(6-5-20(13)9-12)17(23)15-8-11-3-1-2-4-14(11)18-15/h1-4,7-9,18,24H,5-6,10H2,(H,19,22). The van der Waals surface area contributed by atoms with Gasteiger partial charge in [-0.05, 0) is 18.2 Å². The number of hydrogen-bond acceptors (Lipinski definition) is 3. The Kier molecular flexibility index (Phi) is 3.35. The minimum atomic E-state index is -0.551. The summed E-state index contributed by atoms with van der Waals surface area (Å²) < 4.78 is 1.93. The largest absolute Gasteiger partial charge is 0.351 e. The van der Waals surface area contributed by atoms with E-state index in [1.807, 2.05) is 34.9 Å². The van der Waals surface area contributed by atoms with Crippen molar-refractivity contribution in [1.82, 2.24) is 19.9 Å². The first kappa shape index (κ1) is 14.5. The molecule has 3 aromatic rings. The van der Waals surface area contributed by atoms with Gasteiger partial charge in [0.05, 0.1) is 12.1 Å². The number of hydroxylamine groups is 1. The van der Waals surface area contributed by atoms with E-state index in [9.17, 15) is 9.59 Å². The molecule has 122 valence electrons. The average molecular weight is 324 g/mol. The summed E-state index contributed by atoms with van der Waals surface area (Å²) >= 11 is 0. The highest BCUT2D eigenvalue weighted by Crippen LogP contribution is 2.20. The number of aromatic amines is 1. The Hall–Kier alpha value is -3.06. The number of para-hydroxylation sites is 1. The van der Waals surface area contributed by atoms with Gasteiger partial charge >= 0.3 is 0 Å². The summed E-state index contributed by atoms with van der Waals surface area (Å²) in [5, 5.41) is 9.73. The predicted molar refractivity (Wildman–Crippen MR) is 86.7 cm³/mol. The molecule has 0 saturated heterocycles. The Balaban J connectivity index is 1.58. The van der Waals surface area contributed by atoms with E-state index in [-0.39, 0.29) is 5.91 Å². The molecule has 7 heteroatoms. The molecule has 0 aliphatic carbocycles. The van der Waals surface area contributed by atoms with Crippen molar-refractivity contribution in [2.45, 2.75) is 13.1 Å². The molecule has 24 heavy (non-hydrogen) atoms. The van der Waals surface area contributed by atoms with E-state index in [0.29, 0.717) is 30.9 Å². The molecule has 0 bridgehead atoms. The quantitative estimate of drug-likeness (QED) is 0.495. The molecule has 3 N–H and O–H groups in total. The number of benzene rings is 1. The van der Waals surface area contributed by atoms with Crippen LogP contribution < -0.4 is 5.48 Å². The zero-order valence-corrected chi connectivity index (χ0v) is 12.8. The fourth-order valence-electron chi connectivity index (χ4n) is 3.12. The maximum absolute atomic E-state index is 12.7. The molecule has 2 aromatic heterocycles. The van der Waals surface area contributed by atoms with Gasteiger partial charge in [0.1, 0.15) is 5.69 Å².